The van der Waals surface area contributed by atoms with Gasteiger partial charge < -0.3 is 10.4 Å². The quantitative estimate of drug-likeness (QED) is 0.718. The van der Waals surface area contributed by atoms with Crippen LogP contribution in [0.4, 0.5) is 0 Å². The molecule has 1 aromatic rings. The van der Waals surface area contributed by atoms with Crippen LogP contribution >= 0.6 is 0 Å². The minimum atomic E-state index is -0.829. The topological polar surface area (TPSA) is 66.4 Å². The van der Waals surface area contributed by atoms with Gasteiger partial charge in [-0.3, -0.25) is 9.59 Å². The van der Waals surface area contributed by atoms with Crippen molar-refractivity contribution in [2.75, 3.05) is 6.54 Å². The number of nitrogens with one attached hydrogen (secondary N) is 1. The summed E-state index contributed by atoms with van der Waals surface area (Å²) in [5.74, 6) is -0.844. The van der Waals surface area contributed by atoms with Gasteiger partial charge >= 0.3 is 5.97 Å². The Balaban J connectivity index is 2.31. The maximum absolute atomic E-state index is 11.7. The van der Waals surface area contributed by atoms with Gasteiger partial charge in [0.25, 0.3) is 0 Å². The number of benzene rings is 1. The fraction of sp³-hybridized carbons (Fsp3) is 0.500. The van der Waals surface area contributed by atoms with Gasteiger partial charge in [0.2, 0.25) is 5.91 Å². The van der Waals surface area contributed by atoms with Crippen molar-refractivity contribution in [3.8, 4) is 0 Å². The Morgan fingerprint density at radius 1 is 1.15 bits per heavy atom. The second-order valence-corrected chi connectivity index (χ2v) is 5.60. The Kier molecular flexibility index (Phi) is 6.22. The minimum Gasteiger partial charge on any atom is -0.481 e. The van der Waals surface area contributed by atoms with Gasteiger partial charge in [0.05, 0.1) is 0 Å². The molecule has 0 aliphatic carbocycles. The van der Waals surface area contributed by atoms with Crippen molar-refractivity contribution in [1.82, 2.24) is 5.32 Å². The molecule has 1 rings (SSSR count). The zero-order valence-electron chi connectivity index (χ0n) is 12.2. The Hall–Kier alpha value is -1.84. The lowest BCUT2D eigenvalue weighted by Gasteiger charge is -2.25. The third-order valence-electron chi connectivity index (χ3n) is 3.42. The van der Waals surface area contributed by atoms with E-state index in [1.54, 1.807) is 0 Å². The molecular weight excluding hydrogens is 254 g/mol. The van der Waals surface area contributed by atoms with E-state index in [1.807, 2.05) is 18.2 Å². The number of carbonyl (C=O) groups is 2. The van der Waals surface area contributed by atoms with Crippen molar-refractivity contribution in [3.63, 3.8) is 0 Å². The number of hydrogen-bond acceptors (Lipinski definition) is 2. The van der Waals surface area contributed by atoms with E-state index >= 15 is 0 Å². The first-order valence-electron chi connectivity index (χ1n) is 6.96. The first-order chi connectivity index (χ1) is 9.42. The lowest BCUT2D eigenvalue weighted by atomic mass is 9.80. The largest absolute Gasteiger partial charge is 0.481 e. The first kappa shape index (κ1) is 16.2. The SMILES string of the molecule is CC(C)(CCC(=O)NCCCC(=O)O)c1ccccc1. The van der Waals surface area contributed by atoms with Crippen LogP contribution in [-0.2, 0) is 15.0 Å². The Bertz CT molecular complexity index is 440. The third-order valence-corrected chi connectivity index (χ3v) is 3.42. The monoisotopic (exact) mass is 277 g/mol. The maximum atomic E-state index is 11.7. The molecule has 0 heterocycles. The Labute approximate surface area is 120 Å². The number of hydrogen-bond donors (Lipinski definition) is 2. The summed E-state index contributed by atoms with van der Waals surface area (Å²) < 4.78 is 0. The van der Waals surface area contributed by atoms with Crippen LogP contribution in [0.25, 0.3) is 0 Å². The highest BCUT2D eigenvalue weighted by molar-refractivity contribution is 5.76. The molecule has 0 atom stereocenters. The summed E-state index contributed by atoms with van der Waals surface area (Å²) in [4.78, 5) is 22.1. The third kappa shape index (κ3) is 5.87. The van der Waals surface area contributed by atoms with Crippen LogP contribution in [0.5, 0.6) is 0 Å². The van der Waals surface area contributed by atoms with Crippen LogP contribution in [0.1, 0.15) is 45.1 Å². The van der Waals surface area contributed by atoms with Crippen molar-refractivity contribution >= 4 is 11.9 Å². The normalized spacial score (nSPS) is 11.1. The van der Waals surface area contributed by atoms with E-state index in [1.165, 1.54) is 5.56 Å². The lowest BCUT2D eigenvalue weighted by molar-refractivity contribution is -0.137. The zero-order chi connectivity index (χ0) is 15.0. The van der Waals surface area contributed by atoms with E-state index in [0.29, 0.717) is 19.4 Å². The molecule has 110 valence electrons. The molecule has 4 heteroatoms. The van der Waals surface area contributed by atoms with E-state index in [-0.39, 0.29) is 17.7 Å². The molecule has 0 bridgehead atoms. The van der Waals surface area contributed by atoms with Gasteiger partial charge in [0.1, 0.15) is 0 Å². The van der Waals surface area contributed by atoms with E-state index in [0.717, 1.165) is 6.42 Å². The van der Waals surface area contributed by atoms with Gasteiger partial charge in [-0.05, 0) is 23.8 Å². The van der Waals surface area contributed by atoms with Gasteiger partial charge in [-0.1, -0.05) is 44.2 Å². The van der Waals surface area contributed by atoms with Gasteiger partial charge in [0.15, 0.2) is 0 Å². The molecule has 0 aliphatic heterocycles. The molecule has 2 N–H and O–H groups in total. The van der Waals surface area contributed by atoms with Crippen molar-refractivity contribution < 1.29 is 14.7 Å². The summed E-state index contributed by atoms with van der Waals surface area (Å²) in [6.07, 6.45) is 1.79. The fourth-order valence-electron chi connectivity index (χ4n) is 2.02. The van der Waals surface area contributed by atoms with Crippen LogP contribution in [0.15, 0.2) is 30.3 Å². The number of carboxylic acid groups (broad SMARTS) is 1. The smallest absolute Gasteiger partial charge is 0.303 e. The van der Waals surface area contributed by atoms with Crippen LogP contribution in [0.2, 0.25) is 0 Å². The number of aliphatic carboxylic acids is 1. The molecule has 20 heavy (non-hydrogen) atoms. The minimum absolute atomic E-state index is 0.0144. The van der Waals surface area contributed by atoms with Gasteiger partial charge in [-0.25, -0.2) is 0 Å². The van der Waals surface area contributed by atoms with Gasteiger partial charge in [-0.15, -0.1) is 0 Å². The fourth-order valence-corrected chi connectivity index (χ4v) is 2.02. The molecule has 0 fully saturated rings. The summed E-state index contributed by atoms with van der Waals surface area (Å²) in [6, 6.07) is 10.1. The predicted molar refractivity (Wildman–Crippen MR) is 78.6 cm³/mol. The highest BCUT2D eigenvalue weighted by Gasteiger charge is 2.21. The standard InChI is InChI=1S/C16H23NO3/c1-16(2,13-7-4-3-5-8-13)11-10-14(18)17-12-6-9-15(19)20/h3-5,7-8H,6,9-12H2,1-2H3,(H,17,18)(H,19,20). The highest BCUT2D eigenvalue weighted by atomic mass is 16.4. The second-order valence-electron chi connectivity index (χ2n) is 5.60. The molecule has 0 saturated carbocycles. The molecule has 0 saturated heterocycles. The molecule has 0 unspecified atom stereocenters. The Morgan fingerprint density at radius 2 is 1.80 bits per heavy atom. The average molecular weight is 277 g/mol. The van der Waals surface area contributed by atoms with Crippen molar-refractivity contribution in [1.29, 1.82) is 0 Å². The van der Waals surface area contributed by atoms with Crippen molar-refractivity contribution in [2.45, 2.75) is 44.9 Å². The highest BCUT2D eigenvalue weighted by Crippen LogP contribution is 2.27. The number of carboxylic acids is 1. The summed E-state index contributed by atoms with van der Waals surface area (Å²) in [5, 5.41) is 11.3. The summed E-state index contributed by atoms with van der Waals surface area (Å²) in [6.45, 7) is 4.68. The number of carbonyl (C=O) groups excluding carboxylic acids is 1. The molecule has 1 aromatic carbocycles. The maximum Gasteiger partial charge on any atom is 0.303 e. The van der Waals surface area contributed by atoms with Crippen LogP contribution in [0, 0.1) is 0 Å². The molecule has 0 radical (unpaired) electrons. The van der Waals surface area contributed by atoms with Crippen molar-refractivity contribution in [3.05, 3.63) is 35.9 Å². The Morgan fingerprint density at radius 3 is 2.40 bits per heavy atom. The molecule has 0 spiro atoms. The van der Waals surface area contributed by atoms with E-state index in [4.69, 9.17) is 5.11 Å². The average Bonchev–Trinajstić information content (AvgIpc) is 2.42. The number of amides is 1. The van der Waals surface area contributed by atoms with Gasteiger partial charge in [-0.2, -0.15) is 0 Å². The second kappa shape index (κ2) is 7.68. The molecule has 0 aromatic heterocycles. The zero-order valence-corrected chi connectivity index (χ0v) is 12.2. The number of rotatable bonds is 8. The van der Waals surface area contributed by atoms with Crippen LogP contribution in [-0.4, -0.2) is 23.5 Å². The first-order valence-corrected chi connectivity index (χ1v) is 6.96. The summed E-state index contributed by atoms with van der Waals surface area (Å²) in [7, 11) is 0. The molecule has 4 nitrogen and oxygen atoms in total. The molecular formula is C16H23NO3. The lowest BCUT2D eigenvalue weighted by Crippen LogP contribution is -2.27. The van der Waals surface area contributed by atoms with Crippen molar-refractivity contribution in [2.24, 2.45) is 0 Å². The van der Waals surface area contributed by atoms with E-state index in [2.05, 4.69) is 31.3 Å². The summed E-state index contributed by atoms with van der Waals surface area (Å²) >= 11 is 0. The van der Waals surface area contributed by atoms with Gasteiger partial charge in [0, 0.05) is 19.4 Å². The van der Waals surface area contributed by atoms with E-state index in [9.17, 15) is 9.59 Å². The van der Waals surface area contributed by atoms with Crippen LogP contribution < -0.4 is 5.32 Å². The van der Waals surface area contributed by atoms with E-state index < -0.39 is 5.97 Å². The predicted octanol–water partition coefficient (Wildman–Crippen LogP) is 2.73. The van der Waals surface area contributed by atoms with Crippen LogP contribution in [0.3, 0.4) is 0 Å². The molecule has 1 amide bonds. The molecule has 0 aliphatic rings. The summed E-state index contributed by atoms with van der Waals surface area (Å²) in [5.41, 5.74) is 1.18.